The molecule has 0 spiro atoms. The van der Waals surface area contributed by atoms with Crippen molar-refractivity contribution in [2.45, 2.75) is 6.42 Å². The molecule has 0 unspecified atom stereocenters. The predicted octanol–water partition coefficient (Wildman–Crippen LogP) is 0.423. The van der Waals surface area contributed by atoms with Gasteiger partial charge in [0, 0.05) is 6.42 Å². The molecular formula is C8H5NO2. The zero-order valence-electron chi connectivity index (χ0n) is 5.70. The van der Waals surface area contributed by atoms with Gasteiger partial charge in [0.2, 0.25) is 5.78 Å². The van der Waals surface area contributed by atoms with E-state index < -0.39 is 0 Å². The minimum atomic E-state index is -0.255. The molecule has 1 heterocycles. The van der Waals surface area contributed by atoms with Crippen molar-refractivity contribution >= 4 is 17.8 Å². The van der Waals surface area contributed by atoms with Crippen molar-refractivity contribution in [2.75, 3.05) is 0 Å². The van der Waals surface area contributed by atoms with E-state index in [-0.39, 0.29) is 17.1 Å². The zero-order valence-corrected chi connectivity index (χ0v) is 5.70. The number of hydrogen-bond acceptors (Lipinski definition) is 3. The van der Waals surface area contributed by atoms with Crippen LogP contribution in [-0.4, -0.2) is 17.8 Å². The van der Waals surface area contributed by atoms with Crippen LogP contribution >= 0.6 is 0 Å². The Labute approximate surface area is 63.1 Å². The molecule has 0 bridgehead atoms. The predicted molar refractivity (Wildman–Crippen MR) is 39.3 cm³/mol. The summed E-state index contributed by atoms with van der Waals surface area (Å²) in [5, 5.41) is 0. The van der Waals surface area contributed by atoms with Crippen molar-refractivity contribution in [1.29, 1.82) is 0 Å². The van der Waals surface area contributed by atoms with Crippen molar-refractivity contribution in [3.05, 3.63) is 23.4 Å². The lowest BCUT2D eigenvalue weighted by molar-refractivity contribution is -0.118. The Bertz CT molecular complexity index is 334. The van der Waals surface area contributed by atoms with Crippen LogP contribution in [0.25, 0.3) is 0 Å². The average molecular weight is 147 g/mol. The first-order valence-electron chi connectivity index (χ1n) is 3.31. The highest BCUT2D eigenvalue weighted by molar-refractivity contribution is 6.46. The lowest BCUT2D eigenvalue weighted by Gasteiger charge is -2.02. The number of nitrogens with zero attached hydrogens (tertiary/aromatic N) is 1. The minimum absolute atomic E-state index is 0.120. The molecular weight excluding hydrogens is 142 g/mol. The normalized spacial score (nSPS) is 21.5. The summed E-state index contributed by atoms with van der Waals surface area (Å²) in [4.78, 5) is 25.8. The maximum absolute atomic E-state index is 11.1. The Morgan fingerprint density at radius 2 is 2.18 bits per heavy atom. The third-order valence-electron chi connectivity index (χ3n) is 1.68. The van der Waals surface area contributed by atoms with Gasteiger partial charge in [-0.25, -0.2) is 0 Å². The van der Waals surface area contributed by atoms with E-state index in [1.54, 1.807) is 12.2 Å². The lowest BCUT2D eigenvalue weighted by atomic mass is 10.00. The van der Waals surface area contributed by atoms with Gasteiger partial charge < -0.3 is 0 Å². The number of carbonyl (C=O) groups excluding carboxylic acids is 2. The summed E-state index contributed by atoms with van der Waals surface area (Å²) in [6.07, 6.45) is 4.95. The molecule has 1 aliphatic carbocycles. The molecule has 0 aromatic carbocycles. The molecule has 0 aromatic rings. The molecule has 54 valence electrons. The molecule has 0 fully saturated rings. The number of allylic oxidation sites excluding steroid dienone is 3. The fraction of sp³-hybridized carbons (Fsp3) is 0.125. The number of rotatable bonds is 0. The standard InChI is InChI=1S/C8H5NO2/c10-6-3-1-2-5-8(6)7(11)4-9-5/h1-2,4H,3H2. The molecule has 0 N–H and O–H groups in total. The summed E-state index contributed by atoms with van der Waals surface area (Å²) in [5.41, 5.74) is 0.777. The van der Waals surface area contributed by atoms with E-state index in [1.807, 2.05) is 0 Å². The number of carbonyl (C=O) groups is 2. The summed E-state index contributed by atoms with van der Waals surface area (Å²) in [5.74, 6) is -0.376. The van der Waals surface area contributed by atoms with Gasteiger partial charge in [-0.05, 0) is 6.08 Å². The van der Waals surface area contributed by atoms with Gasteiger partial charge in [0.1, 0.15) is 0 Å². The van der Waals surface area contributed by atoms with Gasteiger partial charge in [-0.15, -0.1) is 0 Å². The van der Waals surface area contributed by atoms with Gasteiger partial charge >= 0.3 is 0 Å². The van der Waals surface area contributed by atoms with E-state index in [0.717, 1.165) is 0 Å². The van der Waals surface area contributed by atoms with Gasteiger partial charge in [0.05, 0.1) is 17.5 Å². The largest absolute Gasteiger partial charge is 0.294 e. The maximum atomic E-state index is 11.1. The van der Waals surface area contributed by atoms with Crippen molar-refractivity contribution < 1.29 is 9.59 Å². The minimum Gasteiger partial charge on any atom is -0.294 e. The first-order valence-corrected chi connectivity index (χ1v) is 3.31. The fourth-order valence-corrected chi connectivity index (χ4v) is 1.17. The van der Waals surface area contributed by atoms with Crippen LogP contribution in [0.4, 0.5) is 0 Å². The lowest BCUT2D eigenvalue weighted by Crippen LogP contribution is -2.12. The van der Waals surface area contributed by atoms with Crippen LogP contribution in [0, 0.1) is 0 Å². The molecule has 2 aliphatic rings. The second kappa shape index (κ2) is 1.99. The fourth-order valence-electron chi connectivity index (χ4n) is 1.17. The Hall–Kier alpha value is -1.51. The molecule has 0 radical (unpaired) electrons. The Morgan fingerprint density at radius 1 is 1.36 bits per heavy atom. The van der Waals surface area contributed by atoms with E-state index in [1.165, 1.54) is 6.21 Å². The molecule has 0 amide bonds. The summed E-state index contributed by atoms with van der Waals surface area (Å²) < 4.78 is 0. The molecule has 3 nitrogen and oxygen atoms in total. The number of ketones is 2. The van der Waals surface area contributed by atoms with Crippen LogP contribution in [0.2, 0.25) is 0 Å². The second-order valence-corrected chi connectivity index (χ2v) is 2.41. The Morgan fingerprint density at radius 3 is 2.91 bits per heavy atom. The summed E-state index contributed by atoms with van der Waals surface area (Å²) >= 11 is 0. The van der Waals surface area contributed by atoms with E-state index >= 15 is 0 Å². The number of hydrogen-bond donors (Lipinski definition) is 0. The first-order chi connectivity index (χ1) is 5.29. The van der Waals surface area contributed by atoms with Gasteiger partial charge in [0.25, 0.3) is 0 Å². The second-order valence-electron chi connectivity index (χ2n) is 2.41. The van der Waals surface area contributed by atoms with Gasteiger partial charge in [-0.2, -0.15) is 0 Å². The third kappa shape index (κ3) is 0.774. The van der Waals surface area contributed by atoms with E-state index in [9.17, 15) is 9.59 Å². The summed E-state index contributed by atoms with van der Waals surface area (Å²) in [6, 6.07) is 0. The topological polar surface area (TPSA) is 46.5 Å². The van der Waals surface area contributed by atoms with Crippen LogP contribution < -0.4 is 0 Å². The average Bonchev–Trinajstić information content (AvgIpc) is 2.34. The van der Waals surface area contributed by atoms with Gasteiger partial charge in [0.15, 0.2) is 5.78 Å². The molecule has 2 rings (SSSR count). The van der Waals surface area contributed by atoms with Crippen molar-refractivity contribution in [3.8, 4) is 0 Å². The van der Waals surface area contributed by atoms with Gasteiger partial charge in [-0.3, -0.25) is 14.6 Å². The number of aliphatic imine (C=N–C) groups is 1. The first kappa shape index (κ1) is 6.22. The van der Waals surface area contributed by atoms with E-state index in [0.29, 0.717) is 12.1 Å². The molecule has 0 saturated carbocycles. The van der Waals surface area contributed by atoms with E-state index in [2.05, 4.69) is 4.99 Å². The van der Waals surface area contributed by atoms with Crippen molar-refractivity contribution in [3.63, 3.8) is 0 Å². The summed E-state index contributed by atoms with van der Waals surface area (Å²) in [6.45, 7) is 0. The molecule has 0 atom stereocenters. The van der Waals surface area contributed by atoms with Crippen LogP contribution in [0.3, 0.4) is 0 Å². The highest BCUT2D eigenvalue weighted by atomic mass is 16.1. The van der Waals surface area contributed by atoms with Crippen LogP contribution in [0.15, 0.2) is 28.4 Å². The molecule has 3 heteroatoms. The smallest absolute Gasteiger partial charge is 0.209 e. The van der Waals surface area contributed by atoms with Crippen LogP contribution in [0.5, 0.6) is 0 Å². The van der Waals surface area contributed by atoms with E-state index in [4.69, 9.17) is 0 Å². The van der Waals surface area contributed by atoms with Crippen LogP contribution in [-0.2, 0) is 9.59 Å². The summed E-state index contributed by atoms with van der Waals surface area (Å²) in [7, 11) is 0. The Balaban J connectivity index is 2.56. The zero-order chi connectivity index (χ0) is 7.84. The SMILES string of the molecule is O=C1C=NC2=C1C(=O)CC=C2. The highest BCUT2D eigenvalue weighted by Gasteiger charge is 2.25. The molecule has 0 saturated heterocycles. The van der Waals surface area contributed by atoms with Crippen molar-refractivity contribution in [1.82, 2.24) is 0 Å². The monoisotopic (exact) mass is 147 g/mol. The van der Waals surface area contributed by atoms with Gasteiger partial charge in [-0.1, -0.05) is 6.08 Å². The molecule has 0 aromatic heterocycles. The highest BCUT2D eigenvalue weighted by Crippen LogP contribution is 2.20. The Kier molecular flexibility index (Phi) is 1.12. The quantitative estimate of drug-likeness (QED) is 0.466. The number of Topliss-reactive ketones (excluding diaryl/α,β-unsaturated/α-hetero) is 2. The maximum Gasteiger partial charge on any atom is 0.209 e. The van der Waals surface area contributed by atoms with Crippen LogP contribution in [0.1, 0.15) is 6.42 Å². The van der Waals surface area contributed by atoms with Crippen molar-refractivity contribution in [2.24, 2.45) is 4.99 Å². The molecule has 1 aliphatic heterocycles. The third-order valence-corrected chi connectivity index (χ3v) is 1.68. The molecule has 11 heavy (non-hydrogen) atoms.